The minimum Gasteiger partial charge on any atom is -0.497 e. The Morgan fingerprint density at radius 1 is 0.629 bits per heavy atom. The molecule has 1 N–H and O–H groups in total. The first-order valence-electron chi connectivity index (χ1n) is 12.3. The molecule has 1 aromatic rings. The summed E-state index contributed by atoms with van der Waals surface area (Å²) in [6, 6.07) is 0.894. The predicted molar refractivity (Wildman–Crippen MR) is 126 cm³/mol. The number of non-ortho nitro benzene ring substituents is 1. The van der Waals surface area contributed by atoms with Crippen molar-refractivity contribution in [3.05, 3.63) is 42.5 Å². The molecule has 3 saturated heterocycles. The van der Waals surface area contributed by atoms with Crippen molar-refractivity contribution in [2.45, 2.75) is 38.5 Å². The molecule has 0 radical (unpaired) electrons. The zero-order valence-electron chi connectivity index (χ0n) is 20.0. The topological polar surface area (TPSA) is 159 Å². The van der Waals surface area contributed by atoms with E-state index < -0.39 is 37.6 Å². The van der Waals surface area contributed by atoms with Crippen molar-refractivity contribution >= 4 is 17.1 Å². The number of nitro benzene ring substituents is 3. The van der Waals surface area contributed by atoms with Gasteiger partial charge in [0.15, 0.2) is 0 Å². The van der Waals surface area contributed by atoms with Gasteiger partial charge in [0.25, 0.3) is 11.4 Å². The summed E-state index contributed by atoms with van der Waals surface area (Å²) >= 11 is 0. The molecular formula is C22H35N5O8+2. The van der Waals surface area contributed by atoms with Crippen molar-refractivity contribution in [2.24, 2.45) is 0 Å². The van der Waals surface area contributed by atoms with E-state index in [9.17, 15) is 30.3 Å². The molecule has 194 valence electrons. The number of nitrogens with zero attached hydrogens (tertiary/aromatic N) is 5. The van der Waals surface area contributed by atoms with E-state index in [4.69, 9.17) is 9.84 Å². The average molecular weight is 498 g/mol. The second-order valence-corrected chi connectivity index (χ2v) is 9.81. The highest BCUT2D eigenvalue weighted by Crippen LogP contribution is 2.39. The SMILES string of the molecule is C1CCC[N+]2(CCC1)CCC[N+]1(CCOCC1)CC2.O=[N+]([O-])c1cc([N+](=O)[O-])c(O)c([N+](=O)[O-])c1. The second-order valence-electron chi connectivity index (χ2n) is 9.81. The van der Waals surface area contributed by atoms with Gasteiger partial charge in [-0.3, -0.25) is 30.3 Å². The third-order valence-corrected chi connectivity index (χ3v) is 7.66. The van der Waals surface area contributed by atoms with Crippen molar-refractivity contribution < 1.29 is 33.6 Å². The third kappa shape index (κ3) is 6.83. The van der Waals surface area contributed by atoms with Crippen LogP contribution in [0.1, 0.15) is 38.5 Å². The molecule has 13 heteroatoms. The largest absolute Gasteiger partial charge is 0.497 e. The Morgan fingerprint density at radius 2 is 1.06 bits per heavy atom. The van der Waals surface area contributed by atoms with E-state index >= 15 is 0 Å². The Hall–Kier alpha value is -2.90. The molecule has 2 spiro atoms. The van der Waals surface area contributed by atoms with E-state index in [1.165, 1.54) is 99.8 Å². The fraction of sp³-hybridized carbons (Fsp3) is 0.727. The molecule has 3 heterocycles. The molecule has 0 atom stereocenters. The van der Waals surface area contributed by atoms with Crippen molar-refractivity contribution in [3.63, 3.8) is 0 Å². The number of quaternary nitrogens is 2. The van der Waals surface area contributed by atoms with Crippen LogP contribution in [0.15, 0.2) is 12.1 Å². The maximum Gasteiger partial charge on any atom is 0.324 e. The molecule has 35 heavy (non-hydrogen) atoms. The van der Waals surface area contributed by atoms with E-state index in [1.54, 1.807) is 0 Å². The van der Waals surface area contributed by atoms with E-state index in [1.807, 2.05) is 0 Å². The van der Waals surface area contributed by atoms with Gasteiger partial charge in [-0.1, -0.05) is 6.42 Å². The molecule has 0 aliphatic carbocycles. The van der Waals surface area contributed by atoms with Crippen LogP contribution in [-0.4, -0.2) is 94.4 Å². The lowest BCUT2D eigenvalue weighted by Gasteiger charge is -2.42. The number of morpholine rings is 1. The first-order valence-corrected chi connectivity index (χ1v) is 12.3. The zero-order valence-corrected chi connectivity index (χ0v) is 20.0. The number of ether oxygens (including phenoxy) is 1. The van der Waals surface area contributed by atoms with Crippen molar-refractivity contribution in [1.82, 2.24) is 0 Å². The minimum absolute atomic E-state index is 0.447. The maximum atomic E-state index is 10.4. The Labute approximate surface area is 203 Å². The number of hydrogen-bond acceptors (Lipinski definition) is 8. The van der Waals surface area contributed by atoms with Gasteiger partial charge in [0.2, 0.25) is 0 Å². The Balaban J connectivity index is 0.000000199. The van der Waals surface area contributed by atoms with E-state index in [2.05, 4.69) is 0 Å². The summed E-state index contributed by atoms with van der Waals surface area (Å²) in [5.41, 5.74) is -3.00. The monoisotopic (exact) mass is 497 g/mol. The van der Waals surface area contributed by atoms with Crippen LogP contribution in [0.3, 0.4) is 0 Å². The van der Waals surface area contributed by atoms with E-state index in [0.29, 0.717) is 12.1 Å². The van der Waals surface area contributed by atoms with Gasteiger partial charge in [-0.25, -0.2) is 0 Å². The van der Waals surface area contributed by atoms with Gasteiger partial charge in [0.05, 0.1) is 66.3 Å². The fourth-order valence-electron chi connectivity index (χ4n) is 5.52. The molecule has 0 unspecified atom stereocenters. The van der Waals surface area contributed by atoms with Crippen LogP contribution in [0.4, 0.5) is 17.1 Å². The quantitative estimate of drug-likeness (QED) is 0.379. The molecular weight excluding hydrogens is 462 g/mol. The third-order valence-electron chi connectivity index (χ3n) is 7.66. The summed E-state index contributed by atoms with van der Waals surface area (Å²) in [6.45, 7) is 13.2. The molecule has 0 aromatic heterocycles. The summed E-state index contributed by atoms with van der Waals surface area (Å²) in [5.74, 6) is -1.21. The Bertz CT molecular complexity index is 891. The molecule has 13 nitrogen and oxygen atoms in total. The van der Waals surface area contributed by atoms with Crippen LogP contribution < -0.4 is 0 Å². The molecule has 3 aliphatic heterocycles. The highest BCUT2D eigenvalue weighted by molar-refractivity contribution is 5.64. The fourth-order valence-corrected chi connectivity index (χ4v) is 5.52. The molecule has 1 aromatic carbocycles. The molecule has 4 rings (SSSR count). The zero-order chi connectivity index (χ0) is 25.5. The summed E-state index contributed by atoms with van der Waals surface area (Å²) < 4.78 is 8.42. The summed E-state index contributed by atoms with van der Waals surface area (Å²) in [4.78, 5) is 27.8. The molecule has 0 saturated carbocycles. The average Bonchev–Trinajstić information content (AvgIpc) is 2.97. The number of benzene rings is 1. The maximum absolute atomic E-state index is 10.4. The Morgan fingerprint density at radius 3 is 1.51 bits per heavy atom. The van der Waals surface area contributed by atoms with Crippen LogP contribution in [0, 0.1) is 30.3 Å². The molecule has 3 aliphatic rings. The Kier molecular flexibility index (Phi) is 8.92. The van der Waals surface area contributed by atoms with Gasteiger partial charge in [-0.2, -0.15) is 0 Å². The van der Waals surface area contributed by atoms with E-state index in [-0.39, 0.29) is 0 Å². The molecule has 3 fully saturated rings. The second kappa shape index (κ2) is 11.7. The standard InChI is InChI=1S/C16H32N2O.C6H3N3O7/c1-2-4-7-17(8-5-3-1)9-6-10-18(12-11-17)13-15-19-16-14-18;10-6-4(8(13)14)1-3(7(11)12)2-5(6)9(15)16/h1-16H2;1-2,10H/q+2;. The number of phenolic OH excluding ortho intramolecular Hbond substituents is 1. The first kappa shape index (κ1) is 26.7. The van der Waals surface area contributed by atoms with Crippen LogP contribution in [0.2, 0.25) is 0 Å². The summed E-state index contributed by atoms with van der Waals surface area (Å²) in [5, 5.41) is 40.2. The van der Waals surface area contributed by atoms with Crippen LogP contribution in [-0.2, 0) is 4.74 Å². The van der Waals surface area contributed by atoms with Gasteiger partial charge in [-0.05, 0) is 25.7 Å². The van der Waals surface area contributed by atoms with Crippen molar-refractivity contribution in [1.29, 1.82) is 0 Å². The first-order chi connectivity index (χ1) is 16.7. The van der Waals surface area contributed by atoms with Gasteiger partial charge >= 0.3 is 11.4 Å². The normalized spacial score (nSPS) is 21.6. The van der Waals surface area contributed by atoms with E-state index in [0.717, 1.165) is 13.2 Å². The van der Waals surface area contributed by atoms with Crippen LogP contribution in [0.25, 0.3) is 0 Å². The molecule has 0 bridgehead atoms. The minimum atomic E-state index is -1.21. The van der Waals surface area contributed by atoms with Gasteiger partial charge < -0.3 is 18.8 Å². The van der Waals surface area contributed by atoms with Gasteiger partial charge in [-0.15, -0.1) is 0 Å². The number of aromatic hydroxyl groups is 1. The highest BCUT2D eigenvalue weighted by atomic mass is 16.6. The summed E-state index contributed by atoms with van der Waals surface area (Å²) in [7, 11) is 0. The smallest absolute Gasteiger partial charge is 0.324 e. The lowest BCUT2D eigenvalue weighted by molar-refractivity contribution is -0.967. The predicted octanol–water partition coefficient (Wildman–Crippen LogP) is 3.13. The number of hydrogen-bond donors (Lipinski definition) is 1. The number of phenols is 1. The number of nitro groups is 3. The molecule has 0 amide bonds. The lowest BCUT2D eigenvalue weighted by Crippen LogP contribution is -2.58. The van der Waals surface area contributed by atoms with Gasteiger partial charge in [0, 0.05) is 6.42 Å². The summed E-state index contributed by atoms with van der Waals surface area (Å²) in [6.07, 6.45) is 8.84. The highest BCUT2D eigenvalue weighted by Gasteiger charge is 2.39. The number of rotatable bonds is 3. The van der Waals surface area contributed by atoms with Crippen molar-refractivity contribution in [3.8, 4) is 5.75 Å². The van der Waals surface area contributed by atoms with Crippen LogP contribution in [0.5, 0.6) is 5.75 Å². The van der Waals surface area contributed by atoms with Gasteiger partial charge in [0.1, 0.15) is 26.2 Å². The van der Waals surface area contributed by atoms with Crippen LogP contribution >= 0.6 is 0 Å². The van der Waals surface area contributed by atoms with Crippen molar-refractivity contribution in [2.75, 3.05) is 65.6 Å². The lowest BCUT2D eigenvalue weighted by atomic mass is 10.1.